The van der Waals surface area contributed by atoms with Crippen molar-refractivity contribution in [2.24, 2.45) is 23.2 Å². The Morgan fingerprint density at radius 1 is 1.09 bits per heavy atom. The van der Waals surface area contributed by atoms with Crippen molar-refractivity contribution in [3.8, 4) is 5.75 Å². The van der Waals surface area contributed by atoms with Gasteiger partial charge in [0.25, 0.3) is 0 Å². The number of rotatable bonds is 2. The summed E-state index contributed by atoms with van der Waals surface area (Å²) in [7, 11) is 0. The molecule has 0 atom stereocenters. The molecule has 4 fully saturated rings. The summed E-state index contributed by atoms with van der Waals surface area (Å²) >= 11 is 0. The van der Waals surface area contributed by atoms with E-state index in [0.29, 0.717) is 5.75 Å². The van der Waals surface area contributed by atoms with Gasteiger partial charge in [0.15, 0.2) is 5.75 Å². The largest absolute Gasteiger partial charge is 0.424 e. The summed E-state index contributed by atoms with van der Waals surface area (Å²) in [6.07, 6.45) is 7.19. The van der Waals surface area contributed by atoms with Crippen LogP contribution >= 0.6 is 12.4 Å². The summed E-state index contributed by atoms with van der Waals surface area (Å²) in [6.45, 7) is 3.87. The van der Waals surface area contributed by atoms with Crippen molar-refractivity contribution in [1.82, 2.24) is 4.98 Å². The first-order valence-electron chi connectivity index (χ1n) is 8.21. The van der Waals surface area contributed by atoms with Crippen LogP contribution in [0.3, 0.4) is 0 Å². The summed E-state index contributed by atoms with van der Waals surface area (Å²) in [5.74, 6) is 2.94. The number of esters is 1. The minimum absolute atomic E-state index is 0. The normalized spacial score (nSPS) is 35.1. The zero-order valence-corrected chi connectivity index (χ0v) is 14.1. The molecule has 4 bridgehead atoms. The number of carbonyl (C=O) groups is 1. The molecule has 1 aromatic rings. The van der Waals surface area contributed by atoms with E-state index < -0.39 is 0 Å². The van der Waals surface area contributed by atoms with Gasteiger partial charge in [-0.1, -0.05) is 0 Å². The van der Waals surface area contributed by atoms with Crippen molar-refractivity contribution in [2.75, 3.05) is 0 Å². The van der Waals surface area contributed by atoms with Gasteiger partial charge in [0.2, 0.25) is 0 Å². The molecule has 4 aliphatic rings. The number of halogens is 1. The highest BCUT2D eigenvalue weighted by atomic mass is 35.5. The zero-order valence-electron chi connectivity index (χ0n) is 13.3. The lowest BCUT2D eigenvalue weighted by Gasteiger charge is -2.55. The van der Waals surface area contributed by atoms with Crippen molar-refractivity contribution in [3.05, 3.63) is 23.5 Å². The lowest BCUT2D eigenvalue weighted by atomic mass is 9.49. The van der Waals surface area contributed by atoms with Crippen LogP contribution in [0.1, 0.15) is 49.9 Å². The van der Waals surface area contributed by atoms with Gasteiger partial charge < -0.3 is 4.74 Å². The number of hydrogen-bond donors (Lipinski definition) is 0. The van der Waals surface area contributed by atoms with E-state index in [2.05, 4.69) is 4.98 Å². The van der Waals surface area contributed by atoms with E-state index in [1.807, 2.05) is 26.0 Å². The van der Waals surface area contributed by atoms with Gasteiger partial charge in [-0.05, 0) is 82.3 Å². The number of aryl methyl sites for hydroxylation is 2. The van der Waals surface area contributed by atoms with E-state index in [4.69, 9.17) is 4.74 Å². The molecule has 0 amide bonds. The second kappa shape index (κ2) is 5.52. The van der Waals surface area contributed by atoms with Gasteiger partial charge in [0, 0.05) is 5.69 Å². The molecule has 22 heavy (non-hydrogen) atoms. The molecule has 0 saturated heterocycles. The van der Waals surface area contributed by atoms with Crippen LogP contribution in [0.25, 0.3) is 0 Å². The molecule has 1 aromatic heterocycles. The fraction of sp³-hybridized carbons (Fsp3) is 0.667. The van der Waals surface area contributed by atoms with Crippen LogP contribution in [0.4, 0.5) is 0 Å². The van der Waals surface area contributed by atoms with Gasteiger partial charge in [-0.2, -0.15) is 0 Å². The Hall–Kier alpha value is -1.09. The topological polar surface area (TPSA) is 39.2 Å². The molecule has 1 heterocycles. The van der Waals surface area contributed by atoms with E-state index in [-0.39, 0.29) is 23.8 Å². The van der Waals surface area contributed by atoms with Crippen molar-refractivity contribution >= 4 is 18.4 Å². The molecule has 4 saturated carbocycles. The Labute approximate surface area is 138 Å². The fourth-order valence-electron chi connectivity index (χ4n) is 5.35. The van der Waals surface area contributed by atoms with Crippen LogP contribution in [-0.2, 0) is 4.79 Å². The molecule has 0 N–H and O–H groups in total. The van der Waals surface area contributed by atoms with Gasteiger partial charge in [0.1, 0.15) is 0 Å². The SMILES string of the molecule is Cc1ccc(OC(=O)C23CC4CC(CC(C4)C2)C3)c(C)n1.Cl. The average molecular weight is 322 g/mol. The van der Waals surface area contributed by atoms with E-state index in [0.717, 1.165) is 48.4 Å². The minimum Gasteiger partial charge on any atom is -0.424 e. The maximum atomic E-state index is 12.9. The Morgan fingerprint density at radius 2 is 1.64 bits per heavy atom. The molecule has 4 heteroatoms. The van der Waals surface area contributed by atoms with E-state index in [1.165, 1.54) is 19.3 Å². The highest BCUT2D eigenvalue weighted by molar-refractivity contribution is 5.85. The van der Waals surface area contributed by atoms with Gasteiger partial charge in [0.05, 0.1) is 11.1 Å². The second-order valence-electron chi connectivity index (χ2n) is 7.62. The van der Waals surface area contributed by atoms with Crippen molar-refractivity contribution in [3.63, 3.8) is 0 Å². The number of carbonyl (C=O) groups excluding carboxylic acids is 1. The number of nitrogens with zero attached hydrogens (tertiary/aromatic N) is 1. The van der Waals surface area contributed by atoms with Crippen molar-refractivity contribution in [1.29, 1.82) is 0 Å². The third-order valence-corrected chi connectivity index (χ3v) is 5.85. The maximum Gasteiger partial charge on any atom is 0.317 e. The molecular formula is C18H24ClNO2. The number of hydrogen-bond acceptors (Lipinski definition) is 3. The monoisotopic (exact) mass is 321 g/mol. The lowest BCUT2D eigenvalue weighted by Crippen LogP contribution is -2.51. The summed E-state index contributed by atoms with van der Waals surface area (Å²) in [4.78, 5) is 17.2. The summed E-state index contributed by atoms with van der Waals surface area (Å²) in [5, 5.41) is 0. The van der Waals surface area contributed by atoms with E-state index in [9.17, 15) is 4.79 Å². The quantitative estimate of drug-likeness (QED) is 0.765. The molecule has 5 rings (SSSR count). The molecule has 3 nitrogen and oxygen atoms in total. The second-order valence-corrected chi connectivity index (χ2v) is 7.62. The first-order valence-corrected chi connectivity index (χ1v) is 8.21. The van der Waals surface area contributed by atoms with Crippen LogP contribution in [0, 0.1) is 37.0 Å². The third-order valence-electron chi connectivity index (χ3n) is 5.85. The van der Waals surface area contributed by atoms with Crippen LogP contribution < -0.4 is 4.74 Å². The summed E-state index contributed by atoms with van der Waals surface area (Å²) in [5.41, 5.74) is 1.58. The first kappa shape index (κ1) is 15.8. The third kappa shape index (κ3) is 2.54. The predicted octanol–water partition coefficient (Wildman–Crippen LogP) is 4.24. The minimum atomic E-state index is -0.188. The lowest BCUT2D eigenvalue weighted by molar-refractivity contribution is -0.161. The summed E-state index contributed by atoms with van der Waals surface area (Å²) in [6, 6.07) is 3.80. The Kier molecular flexibility index (Phi) is 3.96. The molecule has 0 radical (unpaired) electrons. The average Bonchev–Trinajstić information content (AvgIpc) is 2.40. The highest BCUT2D eigenvalue weighted by Gasteiger charge is 2.55. The maximum absolute atomic E-state index is 12.9. The number of pyridine rings is 1. The van der Waals surface area contributed by atoms with Gasteiger partial charge in [-0.3, -0.25) is 9.78 Å². The molecular weight excluding hydrogens is 298 g/mol. The number of ether oxygens (including phenoxy) is 1. The van der Waals surface area contributed by atoms with Crippen LogP contribution in [0.15, 0.2) is 12.1 Å². The Balaban J connectivity index is 0.00000144. The van der Waals surface area contributed by atoms with Crippen LogP contribution in [0.5, 0.6) is 5.75 Å². The van der Waals surface area contributed by atoms with Crippen molar-refractivity contribution < 1.29 is 9.53 Å². The molecule has 0 unspecified atom stereocenters. The molecule has 4 aliphatic carbocycles. The Bertz CT molecular complexity index is 563. The van der Waals surface area contributed by atoms with E-state index >= 15 is 0 Å². The molecule has 0 spiro atoms. The summed E-state index contributed by atoms with van der Waals surface area (Å²) < 4.78 is 5.78. The van der Waals surface area contributed by atoms with Crippen molar-refractivity contribution in [2.45, 2.75) is 52.4 Å². The Morgan fingerprint density at radius 3 is 2.14 bits per heavy atom. The van der Waals surface area contributed by atoms with Gasteiger partial charge in [-0.25, -0.2) is 0 Å². The van der Waals surface area contributed by atoms with Crippen LogP contribution in [0.2, 0.25) is 0 Å². The number of aromatic nitrogens is 1. The van der Waals surface area contributed by atoms with E-state index in [1.54, 1.807) is 0 Å². The first-order chi connectivity index (χ1) is 10.0. The molecule has 0 aliphatic heterocycles. The predicted molar refractivity (Wildman–Crippen MR) is 87.2 cm³/mol. The zero-order chi connectivity index (χ0) is 14.6. The standard InChI is InChI=1S/C18H23NO2.ClH/c1-11-3-4-16(12(2)19-11)21-17(20)18-8-13-5-14(9-18)7-15(6-13)10-18;/h3-4,13-15H,5-10H2,1-2H3;1H. The molecule has 0 aromatic carbocycles. The molecule has 120 valence electrons. The van der Waals surface area contributed by atoms with Crippen LogP contribution in [-0.4, -0.2) is 11.0 Å². The van der Waals surface area contributed by atoms with Gasteiger partial charge in [-0.15, -0.1) is 12.4 Å². The van der Waals surface area contributed by atoms with Gasteiger partial charge >= 0.3 is 5.97 Å². The highest BCUT2D eigenvalue weighted by Crippen LogP contribution is 2.60. The smallest absolute Gasteiger partial charge is 0.317 e. The fourth-order valence-corrected chi connectivity index (χ4v) is 5.35.